The number of nitrogens with zero attached hydrogens (tertiary/aromatic N) is 2. The molecule has 3 aromatic rings. The van der Waals surface area contributed by atoms with E-state index in [1.54, 1.807) is 13.0 Å². The van der Waals surface area contributed by atoms with Crippen molar-refractivity contribution in [2.45, 2.75) is 24.5 Å². The summed E-state index contributed by atoms with van der Waals surface area (Å²) in [5, 5.41) is 3.91. The Morgan fingerprint density at radius 3 is 2.47 bits per heavy atom. The monoisotopic (exact) mass is 452 g/mol. The van der Waals surface area contributed by atoms with Crippen LogP contribution in [0.3, 0.4) is 0 Å². The predicted octanol–water partition coefficient (Wildman–Crippen LogP) is 2.94. The summed E-state index contributed by atoms with van der Waals surface area (Å²) in [6.45, 7) is 3.43. The fraction of sp³-hybridized carbons (Fsp3) is 0.211. The van der Waals surface area contributed by atoms with Gasteiger partial charge in [0.1, 0.15) is 5.82 Å². The van der Waals surface area contributed by atoms with Gasteiger partial charge in [-0.3, -0.25) is 4.79 Å². The smallest absolute Gasteiger partial charge is 0.362 e. The number of ether oxygens (including phenoxy) is 1. The minimum atomic E-state index is -4.30. The minimum absolute atomic E-state index is 0.00678. The molecule has 0 radical (unpaired) electrons. The van der Waals surface area contributed by atoms with Crippen LogP contribution in [-0.2, 0) is 21.3 Å². The maximum absolute atomic E-state index is 13.2. The molecule has 0 aliphatic rings. The Kier molecular flexibility index (Phi) is 6.32. The lowest BCUT2D eigenvalue weighted by molar-refractivity contribution is 0.0515. The number of hydrogen-bond acceptors (Lipinski definition) is 8. The molecule has 30 heavy (non-hydrogen) atoms. The van der Waals surface area contributed by atoms with Gasteiger partial charge in [0.05, 0.1) is 18.4 Å². The van der Waals surface area contributed by atoms with E-state index in [9.17, 15) is 22.4 Å². The first-order valence-electron chi connectivity index (χ1n) is 8.85. The second kappa shape index (κ2) is 8.76. The highest BCUT2D eigenvalue weighted by Crippen LogP contribution is 2.27. The van der Waals surface area contributed by atoms with E-state index in [1.807, 2.05) is 6.92 Å². The lowest BCUT2D eigenvalue weighted by Gasteiger charge is -2.12. The second-order valence-corrected chi connectivity index (χ2v) is 8.86. The van der Waals surface area contributed by atoms with Gasteiger partial charge in [-0.05, 0) is 49.7 Å². The molecule has 2 aromatic heterocycles. The van der Waals surface area contributed by atoms with Crippen LogP contribution in [0.25, 0.3) is 5.69 Å². The third-order valence-corrected chi connectivity index (χ3v) is 6.78. The highest BCUT2D eigenvalue weighted by molar-refractivity contribution is 7.89. The molecule has 2 heterocycles. The van der Waals surface area contributed by atoms with Gasteiger partial charge < -0.3 is 8.92 Å². The van der Waals surface area contributed by atoms with E-state index in [4.69, 9.17) is 8.92 Å². The van der Waals surface area contributed by atoms with Gasteiger partial charge in [-0.25, -0.2) is 9.18 Å². The molecule has 0 atom stereocenters. The summed E-state index contributed by atoms with van der Waals surface area (Å²) < 4.78 is 49.2. The summed E-state index contributed by atoms with van der Waals surface area (Å²) >= 11 is 1.02. The molecule has 0 aliphatic heterocycles. The van der Waals surface area contributed by atoms with Gasteiger partial charge in [-0.15, -0.1) is 11.3 Å². The summed E-state index contributed by atoms with van der Waals surface area (Å²) in [5.74, 6) is -2.05. The average Bonchev–Trinajstić information content (AvgIpc) is 3.19. The maximum atomic E-state index is 13.2. The molecule has 0 saturated heterocycles. The summed E-state index contributed by atoms with van der Waals surface area (Å²) in [5.41, 5.74) is -1.11. The van der Waals surface area contributed by atoms with Crippen LogP contribution in [0.4, 0.5) is 4.39 Å². The van der Waals surface area contributed by atoms with Gasteiger partial charge in [0, 0.05) is 4.88 Å². The Morgan fingerprint density at radius 1 is 1.17 bits per heavy atom. The van der Waals surface area contributed by atoms with Crippen molar-refractivity contribution in [2.24, 2.45) is 0 Å². The van der Waals surface area contributed by atoms with Crippen molar-refractivity contribution in [1.29, 1.82) is 0 Å². The van der Waals surface area contributed by atoms with Crippen LogP contribution in [0.2, 0.25) is 0 Å². The number of esters is 1. The fourth-order valence-corrected chi connectivity index (χ4v) is 4.64. The van der Waals surface area contributed by atoms with Crippen molar-refractivity contribution in [3.8, 4) is 11.4 Å². The van der Waals surface area contributed by atoms with Gasteiger partial charge in [0.2, 0.25) is 5.69 Å². The van der Waals surface area contributed by atoms with Gasteiger partial charge in [0.15, 0.2) is 9.96 Å². The van der Waals surface area contributed by atoms with Crippen LogP contribution >= 0.6 is 11.3 Å². The van der Waals surface area contributed by atoms with Crippen molar-refractivity contribution in [3.05, 3.63) is 69.2 Å². The van der Waals surface area contributed by atoms with E-state index in [0.29, 0.717) is 6.42 Å². The van der Waals surface area contributed by atoms with E-state index < -0.39 is 38.9 Å². The highest BCUT2D eigenvalue weighted by Gasteiger charge is 2.26. The number of benzene rings is 1. The largest absolute Gasteiger partial charge is 0.461 e. The number of rotatable bonds is 7. The number of carbonyl (C=O) groups is 1. The number of carbonyl (C=O) groups excluding carboxylic acids is 1. The molecular formula is C19H17FN2O6S2. The van der Waals surface area contributed by atoms with Crippen molar-refractivity contribution in [2.75, 3.05) is 6.61 Å². The summed E-state index contributed by atoms with van der Waals surface area (Å²) in [6, 6.07) is 8.67. The molecule has 158 valence electrons. The van der Waals surface area contributed by atoms with E-state index in [1.165, 1.54) is 18.2 Å². The van der Waals surface area contributed by atoms with Crippen LogP contribution in [0, 0.1) is 5.82 Å². The Morgan fingerprint density at radius 2 is 1.87 bits per heavy atom. The third-order valence-electron chi connectivity index (χ3n) is 3.87. The first-order valence-corrected chi connectivity index (χ1v) is 11.1. The Bertz CT molecular complexity index is 1230. The summed E-state index contributed by atoms with van der Waals surface area (Å²) in [4.78, 5) is 25.7. The predicted molar refractivity (Wildman–Crippen MR) is 107 cm³/mol. The zero-order chi connectivity index (χ0) is 21.9. The number of halogens is 1. The molecule has 8 nitrogen and oxygen atoms in total. The normalized spacial score (nSPS) is 11.3. The average molecular weight is 452 g/mol. The van der Waals surface area contributed by atoms with Crippen molar-refractivity contribution in [3.63, 3.8) is 0 Å². The highest BCUT2D eigenvalue weighted by atomic mass is 32.3. The van der Waals surface area contributed by atoms with Crippen LogP contribution in [0.5, 0.6) is 5.75 Å². The second-order valence-electron chi connectivity index (χ2n) is 5.92. The molecule has 0 aliphatic carbocycles. The van der Waals surface area contributed by atoms with Crippen molar-refractivity contribution >= 4 is 27.4 Å². The van der Waals surface area contributed by atoms with Crippen LogP contribution in [0.15, 0.2) is 51.5 Å². The number of thiophene rings is 1. The topological polar surface area (TPSA) is 105 Å². The molecule has 0 bridgehead atoms. The Labute approximate surface area is 175 Å². The van der Waals surface area contributed by atoms with E-state index in [2.05, 4.69) is 5.10 Å². The summed E-state index contributed by atoms with van der Waals surface area (Å²) in [7, 11) is -4.30. The lowest BCUT2D eigenvalue weighted by atomic mass is 10.3. The van der Waals surface area contributed by atoms with E-state index in [0.717, 1.165) is 39.1 Å². The first kappa shape index (κ1) is 21.7. The quantitative estimate of drug-likeness (QED) is 0.401. The zero-order valence-corrected chi connectivity index (χ0v) is 17.6. The third kappa shape index (κ3) is 4.57. The van der Waals surface area contributed by atoms with E-state index >= 15 is 0 Å². The summed E-state index contributed by atoms with van der Waals surface area (Å²) in [6.07, 6.45) is 0.642. The number of aromatic nitrogens is 2. The molecule has 0 saturated carbocycles. The van der Waals surface area contributed by atoms with Crippen molar-refractivity contribution < 1.29 is 26.5 Å². The molecule has 0 spiro atoms. The fourth-order valence-electron chi connectivity index (χ4n) is 2.45. The maximum Gasteiger partial charge on any atom is 0.362 e. The first-order chi connectivity index (χ1) is 14.2. The van der Waals surface area contributed by atoms with Crippen LogP contribution in [-0.4, -0.2) is 30.8 Å². The standard InChI is InChI=1S/C19H17FN2O6S2/c1-3-14-9-10-17(29-14)30(25,26)28-15-11-16(23)22(13-7-5-12(20)6-8-13)21-18(15)19(24)27-4-2/h5-11H,3-4H2,1-2H3. The zero-order valence-electron chi connectivity index (χ0n) is 16.0. The lowest BCUT2D eigenvalue weighted by Crippen LogP contribution is -2.26. The number of aryl methyl sites for hydroxylation is 1. The molecule has 3 rings (SSSR count). The van der Waals surface area contributed by atoms with Gasteiger partial charge in [-0.2, -0.15) is 18.2 Å². The van der Waals surface area contributed by atoms with Gasteiger partial charge in [-0.1, -0.05) is 6.92 Å². The van der Waals surface area contributed by atoms with Crippen LogP contribution in [0.1, 0.15) is 29.2 Å². The Hall–Kier alpha value is -3.05. The van der Waals surface area contributed by atoms with Gasteiger partial charge >= 0.3 is 16.1 Å². The molecule has 0 fully saturated rings. The molecule has 0 amide bonds. The molecule has 0 N–H and O–H groups in total. The SMILES string of the molecule is CCOC(=O)c1nn(-c2ccc(F)cc2)c(=O)cc1OS(=O)(=O)c1ccc(CC)s1. The Balaban J connectivity index is 2.09. The molecule has 0 unspecified atom stereocenters. The molecule has 11 heteroatoms. The van der Waals surface area contributed by atoms with Crippen LogP contribution < -0.4 is 9.74 Å². The van der Waals surface area contributed by atoms with Gasteiger partial charge in [0.25, 0.3) is 5.56 Å². The van der Waals surface area contributed by atoms with Crippen molar-refractivity contribution in [1.82, 2.24) is 9.78 Å². The molecular weight excluding hydrogens is 435 g/mol. The number of hydrogen-bond donors (Lipinski definition) is 0. The van der Waals surface area contributed by atoms with E-state index in [-0.39, 0.29) is 16.5 Å². The molecule has 1 aromatic carbocycles. The minimum Gasteiger partial charge on any atom is -0.461 e.